The third-order valence-electron chi connectivity index (χ3n) is 27.0. The Bertz CT molecular complexity index is 5980. The van der Waals surface area contributed by atoms with Crippen LogP contribution in [0.1, 0.15) is 373 Å². The van der Waals surface area contributed by atoms with Crippen LogP contribution < -0.4 is 10.5 Å². The number of aromatic carboxylic acids is 5. The van der Waals surface area contributed by atoms with Crippen molar-refractivity contribution in [3.8, 4) is 72.1 Å². The molecule has 0 aliphatic heterocycles. The fourth-order valence-electron chi connectivity index (χ4n) is 17.7. The minimum atomic E-state index is -1.29. The van der Waals surface area contributed by atoms with Crippen LogP contribution in [0, 0.1) is 19.7 Å². The number of carboxylic acids is 5. The van der Waals surface area contributed by atoms with Crippen molar-refractivity contribution in [2.75, 3.05) is 19.8 Å². The van der Waals surface area contributed by atoms with Crippen LogP contribution >= 0.6 is 11.3 Å². The quantitative estimate of drug-likeness (QED) is 0.0153. The van der Waals surface area contributed by atoms with Crippen LogP contribution in [0.25, 0.3) is 66.2 Å². The summed E-state index contributed by atoms with van der Waals surface area (Å²) in [4.78, 5) is 75.9. The fourth-order valence-corrected chi connectivity index (χ4v) is 18.5. The van der Waals surface area contributed by atoms with Gasteiger partial charge in [-0.25, -0.2) is 38.3 Å². The van der Waals surface area contributed by atoms with E-state index in [2.05, 4.69) is 173 Å². The van der Waals surface area contributed by atoms with Gasteiger partial charge in [0.15, 0.2) is 0 Å². The predicted molar refractivity (Wildman–Crippen MR) is 616 cm³/mol. The molecule has 7 N–H and O–H groups in total. The molecule has 0 unspecified atom stereocenters. The maximum Gasteiger partial charge on any atom is 0.338 e. The molecule has 2 heterocycles. The van der Waals surface area contributed by atoms with Crippen LogP contribution in [-0.2, 0) is 36.8 Å². The highest BCUT2D eigenvalue weighted by molar-refractivity contribution is 7.15. The number of aromatic nitrogens is 3. The molecule has 1 saturated carbocycles. The smallest absolute Gasteiger partial charge is 0.338 e. The molecule has 800 valence electrons. The van der Waals surface area contributed by atoms with Gasteiger partial charge in [-0.1, -0.05) is 403 Å². The van der Waals surface area contributed by atoms with E-state index in [-0.39, 0.29) is 11.5 Å². The van der Waals surface area contributed by atoms with Gasteiger partial charge in [0.25, 0.3) is 5.91 Å². The number of benzene rings is 11. The zero-order valence-corrected chi connectivity index (χ0v) is 91.2. The number of nitrogens with zero attached hydrogens (tertiary/aromatic N) is 3. The predicted octanol–water partition coefficient (Wildman–Crippen LogP) is 35.3. The summed E-state index contributed by atoms with van der Waals surface area (Å²) in [6.45, 7) is 18.8. The largest absolute Gasteiger partial charge is 0.478 e. The molecule has 11 aromatic carbocycles. The lowest BCUT2D eigenvalue weighted by Crippen LogP contribution is -2.17. The average Bonchev–Trinajstić information content (AvgIpc) is 1.56. The number of carbonyl (C=O) groups excluding carboxylic acids is 1. The summed E-state index contributed by atoms with van der Waals surface area (Å²) >= 11 is 1.37. The number of nitrogens with two attached hydrogens (primary N) is 1. The number of carboxylic acid groups (broad SMARTS) is 5. The van der Waals surface area contributed by atoms with Crippen molar-refractivity contribution in [3.05, 3.63) is 351 Å². The Morgan fingerprint density at radius 1 is 0.340 bits per heavy atom. The van der Waals surface area contributed by atoms with Gasteiger partial charge in [0, 0.05) is 36.2 Å². The van der Waals surface area contributed by atoms with E-state index in [1.807, 2.05) is 80.6 Å². The molecule has 0 radical (unpaired) electrons. The molecular weight excluding hydrogens is 1890 g/mol. The van der Waals surface area contributed by atoms with Crippen molar-refractivity contribution in [1.82, 2.24) is 14.5 Å². The van der Waals surface area contributed by atoms with Crippen molar-refractivity contribution < 1.29 is 68.2 Å². The van der Waals surface area contributed by atoms with E-state index in [1.165, 1.54) is 286 Å². The minimum absolute atomic E-state index is 0.0617. The maximum absolute atomic E-state index is 13.8. The molecule has 150 heavy (non-hydrogen) atoms. The molecule has 0 amide bonds. The Labute approximate surface area is 897 Å². The Hall–Kier alpha value is -13.1. The van der Waals surface area contributed by atoms with Gasteiger partial charge in [0.2, 0.25) is 5.88 Å². The molecule has 1 fully saturated rings. The van der Waals surface area contributed by atoms with E-state index in [9.17, 15) is 33.2 Å². The summed E-state index contributed by atoms with van der Waals surface area (Å²) in [7, 11) is 0. The number of hydrogen-bond acceptors (Lipinski definition) is 12. The van der Waals surface area contributed by atoms with Gasteiger partial charge in [-0.15, -0.1) is 11.3 Å². The first-order chi connectivity index (χ1) is 72.9. The van der Waals surface area contributed by atoms with E-state index in [4.69, 9.17) is 40.7 Å². The average molecular weight is 2050 g/mol. The Balaban J connectivity index is 0.000000216. The third kappa shape index (κ3) is 46.2. The van der Waals surface area contributed by atoms with Crippen LogP contribution in [0.15, 0.2) is 274 Å². The molecule has 0 spiro atoms. The van der Waals surface area contributed by atoms with E-state index in [0.29, 0.717) is 63.5 Å². The minimum Gasteiger partial charge on any atom is -0.478 e. The Kier molecular flexibility index (Phi) is 58.3. The molecule has 2 aromatic heterocycles. The lowest BCUT2D eigenvalue weighted by atomic mass is 9.96. The molecule has 13 aromatic rings. The summed E-state index contributed by atoms with van der Waals surface area (Å²) in [5.74, 6) is -5.16. The van der Waals surface area contributed by atoms with Gasteiger partial charge >= 0.3 is 29.8 Å². The number of thiazole rings is 1. The number of hydrogen-bond donors (Lipinski definition) is 6. The number of rotatable bonds is 52. The van der Waals surface area contributed by atoms with E-state index in [1.54, 1.807) is 67.0 Å². The zero-order valence-electron chi connectivity index (χ0n) is 90.4. The SMILES string of the molecule is CCCCCCCCCc1ccc(-c2ccc(C(=O)O)cc2)cc1.CCCCCCCCc1ccc(-c2ccc(C(=O)O)cc2)cc1.CCCCCCCCc1ccc(-c2ccc(C(=O)O)cc2C)cc1.CCCCCCCCc1ccc(-c2ccc(C(=O)n3ccnc3)cc2)cc1.CCCCCc1ccc(-c2ccc(C(=O)O)cc2)cc1.CCCCOCCOc1nc(-c2ccc(C(=O)O)c(F)c2)sc1C.NC1CCCCCC1. The van der Waals surface area contributed by atoms with Gasteiger partial charge in [-0.05, 0) is 259 Å². The topological polar surface area (TPSA) is 279 Å². The van der Waals surface area contributed by atoms with Gasteiger partial charge in [0.1, 0.15) is 23.8 Å². The van der Waals surface area contributed by atoms with E-state index < -0.39 is 35.7 Å². The molecule has 1 aliphatic carbocycles. The van der Waals surface area contributed by atoms with E-state index in [0.717, 1.165) is 112 Å². The first kappa shape index (κ1) is 122. The lowest BCUT2D eigenvalue weighted by Gasteiger charge is -2.09. The van der Waals surface area contributed by atoms with Crippen LogP contribution in [0.2, 0.25) is 0 Å². The monoisotopic (exact) mass is 2050 g/mol. The fraction of sp³-hybridized carbons (Fsp3) is 0.405. The highest BCUT2D eigenvalue weighted by Gasteiger charge is 2.19. The van der Waals surface area contributed by atoms with Crippen LogP contribution in [-0.4, -0.2) is 102 Å². The second-order valence-electron chi connectivity index (χ2n) is 39.1. The molecule has 1 aliphatic rings. The second kappa shape index (κ2) is 71.6. The Morgan fingerprint density at radius 2 is 0.647 bits per heavy atom. The second-order valence-corrected chi connectivity index (χ2v) is 40.4. The maximum atomic E-state index is 13.8. The molecule has 0 saturated heterocycles. The van der Waals surface area contributed by atoms with Gasteiger partial charge < -0.3 is 40.7 Å². The number of aryl methyl sites for hydroxylation is 7. The third-order valence-corrected chi connectivity index (χ3v) is 28.0. The van der Waals surface area contributed by atoms with Gasteiger partial charge in [-0.2, -0.15) is 0 Å². The summed E-state index contributed by atoms with van der Waals surface area (Å²) in [5.41, 5.74) is 26.9. The number of imidazole rings is 1. The van der Waals surface area contributed by atoms with Gasteiger partial charge in [-0.3, -0.25) is 9.36 Å². The standard InChI is InChI=1S/C24H28N2O.2C22H28O2.C21H26O2.C18H20O2.C17H20FNO4S.C7H15N/c1-2-3-4-5-6-7-8-20-9-11-21(12-10-20)22-13-15-23(16-14-22)24(27)26-18-17-25-19-26;1-3-4-5-6-7-8-9-18-10-12-19(13-11-18)21-15-14-20(22(23)24)16-17(21)2;1-2-3-4-5-6-7-8-9-18-10-12-19(13-11-18)20-14-16-21(17-15-20)22(23)24;1-2-3-4-5-6-7-8-17-9-11-18(12-10-17)19-13-15-20(16-14-19)21(22)23;1-2-3-4-5-14-6-8-15(9-7-14)16-10-12-17(13-11-16)18(19)20;1-3-4-7-22-8-9-23-15-11(2)24-16(19-15)12-5-6-13(17(20)21)14(18)10-12;8-7-5-3-1-2-4-6-7/h9-19H,2-8H2,1H3;10-16H,3-9H2,1-2H3,(H,23,24);10-17H,2-9H2,1H3,(H,23,24);9-16H,2-8H2,1H3,(H,22,23);6-13H,2-5H2,1H3,(H,19,20);5-6,10H,3-4,7-9H2,1-2H3,(H,20,21);7H,1-6,8H2. The first-order valence-electron chi connectivity index (χ1n) is 55.3. The molecule has 19 heteroatoms. The van der Waals surface area contributed by atoms with Crippen molar-refractivity contribution in [2.24, 2.45) is 5.73 Å². The zero-order chi connectivity index (χ0) is 108. The van der Waals surface area contributed by atoms with Crippen LogP contribution in [0.5, 0.6) is 5.88 Å². The van der Waals surface area contributed by atoms with Crippen molar-refractivity contribution in [2.45, 2.75) is 325 Å². The number of carbonyl (C=O) groups is 6. The van der Waals surface area contributed by atoms with Crippen molar-refractivity contribution >= 4 is 47.1 Å². The first-order valence-corrected chi connectivity index (χ1v) is 56.1. The van der Waals surface area contributed by atoms with Crippen LogP contribution in [0.4, 0.5) is 4.39 Å². The molecule has 14 rings (SSSR count). The van der Waals surface area contributed by atoms with Gasteiger partial charge in [0.05, 0.1) is 39.3 Å². The summed E-state index contributed by atoms with van der Waals surface area (Å²) in [6.07, 6.45) is 57.7. The van der Waals surface area contributed by atoms with Crippen LogP contribution in [0.3, 0.4) is 0 Å². The number of unbranched alkanes of at least 4 members (excludes halogenated alkanes) is 24. The molecule has 0 bridgehead atoms. The number of halogens is 1. The van der Waals surface area contributed by atoms with Crippen molar-refractivity contribution in [3.63, 3.8) is 0 Å². The Morgan fingerprint density at radius 3 is 0.967 bits per heavy atom. The highest BCUT2D eigenvalue weighted by Crippen LogP contribution is 2.35. The molecule has 17 nitrogen and oxygen atoms in total. The summed E-state index contributed by atoms with van der Waals surface area (Å²) in [5, 5.41) is 45.3. The highest BCUT2D eigenvalue weighted by atomic mass is 32.1. The molecule has 0 atom stereocenters. The number of ether oxygens (including phenoxy) is 2. The van der Waals surface area contributed by atoms with E-state index >= 15 is 0 Å². The normalized spacial score (nSPS) is 11.5. The van der Waals surface area contributed by atoms with Crippen molar-refractivity contribution in [1.29, 1.82) is 0 Å². The summed E-state index contributed by atoms with van der Waals surface area (Å²) in [6, 6.07) is 82.0. The molecular formula is C131H165FN4O13S. The summed E-state index contributed by atoms with van der Waals surface area (Å²) < 4.78 is 26.3. The lowest BCUT2D eigenvalue weighted by molar-refractivity contribution is 0.0681.